The van der Waals surface area contributed by atoms with Gasteiger partial charge in [-0.15, -0.1) is 11.3 Å². The van der Waals surface area contributed by atoms with Crippen LogP contribution in [0.5, 0.6) is 11.5 Å². The number of methoxy groups -OCH3 is 2. The van der Waals surface area contributed by atoms with Crippen molar-refractivity contribution in [1.29, 1.82) is 0 Å². The average Bonchev–Trinajstić information content (AvgIpc) is 3.43. The fourth-order valence-electron chi connectivity index (χ4n) is 4.38. The third kappa shape index (κ3) is 7.59. The molecule has 0 aliphatic carbocycles. The Bertz CT molecular complexity index is 1130. The Hall–Kier alpha value is -3.32. The number of amides is 2. The van der Waals surface area contributed by atoms with E-state index in [1.54, 1.807) is 30.5 Å². The van der Waals surface area contributed by atoms with Crippen LogP contribution in [0, 0.1) is 0 Å². The monoisotopic (exact) mass is 522 g/mol. The van der Waals surface area contributed by atoms with Crippen molar-refractivity contribution in [3.05, 3.63) is 82.0 Å². The van der Waals surface area contributed by atoms with E-state index in [4.69, 9.17) is 9.47 Å². The van der Waals surface area contributed by atoms with Gasteiger partial charge in [-0.05, 0) is 61.4 Å². The lowest BCUT2D eigenvalue weighted by atomic mass is 9.94. The average molecular weight is 523 g/mol. The summed E-state index contributed by atoms with van der Waals surface area (Å²) in [5, 5.41) is 2.02. The van der Waals surface area contributed by atoms with Crippen LogP contribution in [0.1, 0.15) is 49.1 Å². The number of hydrogen-bond donors (Lipinski definition) is 0. The minimum Gasteiger partial charge on any atom is -0.493 e. The molecule has 0 radical (unpaired) electrons. The van der Waals surface area contributed by atoms with Crippen LogP contribution in [0.15, 0.2) is 66.0 Å². The Morgan fingerprint density at radius 1 is 0.946 bits per heavy atom. The molecule has 2 aromatic carbocycles. The zero-order valence-electron chi connectivity index (χ0n) is 22.5. The van der Waals surface area contributed by atoms with Gasteiger partial charge in [0, 0.05) is 17.5 Å². The third-order valence-electron chi connectivity index (χ3n) is 6.52. The fourth-order valence-corrected chi connectivity index (χ4v) is 5.10. The first-order valence-corrected chi connectivity index (χ1v) is 13.6. The van der Waals surface area contributed by atoms with E-state index in [1.807, 2.05) is 91.7 Å². The zero-order chi connectivity index (χ0) is 26.8. The van der Waals surface area contributed by atoms with Gasteiger partial charge in [0.1, 0.15) is 6.54 Å². The number of thiophene rings is 1. The van der Waals surface area contributed by atoms with Crippen LogP contribution in [0.3, 0.4) is 0 Å². The van der Waals surface area contributed by atoms with Gasteiger partial charge in [-0.3, -0.25) is 9.59 Å². The van der Waals surface area contributed by atoms with E-state index >= 15 is 0 Å². The Morgan fingerprint density at radius 3 is 2.27 bits per heavy atom. The topological polar surface area (TPSA) is 59.1 Å². The van der Waals surface area contributed by atoms with Gasteiger partial charge < -0.3 is 19.3 Å². The Balaban J connectivity index is 1.78. The number of hydrogen-bond acceptors (Lipinski definition) is 5. The molecule has 1 aromatic heterocycles. The number of carbonyl (C=O) groups excluding carboxylic acids is 2. The van der Waals surface area contributed by atoms with Crippen molar-refractivity contribution in [2.24, 2.45) is 0 Å². The second-order valence-electron chi connectivity index (χ2n) is 9.27. The summed E-state index contributed by atoms with van der Waals surface area (Å²) in [4.78, 5) is 32.0. The smallest absolute Gasteiger partial charge is 0.242 e. The van der Waals surface area contributed by atoms with Crippen LogP contribution in [0.4, 0.5) is 0 Å². The zero-order valence-corrected chi connectivity index (χ0v) is 23.3. The summed E-state index contributed by atoms with van der Waals surface area (Å²) in [6.45, 7) is 7.05. The second kappa shape index (κ2) is 13.8. The minimum atomic E-state index is -0.270. The molecule has 7 heteroatoms. The molecule has 0 saturated heterocycles. The van der Waals surface area contributed by atoms with Crippen molar-refractivity contribution < 1.29 is 19.1 Å². The summed E-state index contributed by atoms with van der Waals surface area (Å²) in [6.07, 6.45) is 1.34. The van der Waals surface area contributed by atoms with Crippen LogP contribution < -0.4 is 9.47 Å². The van der Waals surface area contributed by atoms with Crippen LogP contribution in [-0.4, -0.2) is 55.0 Å². The van der Waals surface area contributed by atoms with E-state index in [1.165, 1.54) is 0 Å². The molecule has 0 spiro atoms. The van der Waals surface area contributed by atoms with Crippen molar-refractivity contribution in [2.75, 3.05) is 27.3 Å². The highest BCUT2D eigenvalue weighted by atomic mass is 32.1. The molecule has 198 valence electrons. The molecule has 0 aliphatic heterocycles. The van der Waals surface area contributed by atoms with Gasteiger partial charge in [-0.25, -0.2) is 0 Å². The first-order chi connectivity index (χ1) is 17.9. The van der Waals surface area contributed by atoms with Gasteiger partial charge in [0.25, 0.3) is 0 Å². The maximum Gasteiger partial charge on any atom is 0.242 e. The maximum absolute atomic E-state index is 13.7. The predicted octanol–water partition coefficient (Wildman–Crippen LogP) is 5.77. The van der Waals surface area contributed by atoms with Crippen molar-refractivity contribution in [3.8, 4) is 11.5 Å². The third-order valence-corrected chi connectivity index (χ3v) is 7.38. The lowest BCUT2D eigenvalue weighted by Crippen LogP contribution is -2.47. The highest BCUT2D eigenvalue weighted by Crippen LogP contribution is 2.28. The summed E-state index contributed by atoms with van der Waals surface area (Å²) in [5.41, 5.74) is 2.03. The van der Waals surface area contributed by atoms with Crippen LogP contribution >= 0.6 is 11.3 Å². The molecule has 6 nitrogen and oxygen atoms in total. The van der Waals surface area contributed by atoms with Gasteiger partial charge in [0.05, 0.1) is 26.7 Å². The molecule has 1 unspecified atom stereocenters. The van der Waals surface area contributed by atoms with E-state index in [2.05, 4.69) is 0 Å². The molecule has 3 rings (SSSR count). The highest BCUT2D eigenvalue weighted by molar-refractivity contribution is 7.09. The maximum atomic E-state index is 13.7. The van der Waals surface area contributed by atoms with Gasteiger partial charge in [-0.1, -0.05) is 49.4 Å². The minimum absolute atomic E-state index is 0.00647. The number of rotatable bonds is 13. The van der Waals surface area contributed by atoms with Gasteiger partial charge in [0.15, 0.2) is 11.5 Å². The van der Waals surface area contributed by atoms with E-state index in [9.17, 15) is 9.59 Å². The molecule has 1 heterocycles. The number of ether oxygens (including phenoxy) is 2. The fraction of sp³-hybridized carbons (Fsp3) is 0.400. The Labute approximate surface area is 224 Å². The highest BCUT2D eigenvalue weighted by Gasteiger charge is 2.29. The summed E-state index contributed by atoms with van der Waals surface area (Å²) in [6, 6.07) is 19.6. The quantitative estimate of drug-likeness (QED) is 0.286. The van der Waals surface area contributed by atoms with Gasteiger partial charge in [0.2, 0.25) is 11.8 Å². The van der Waals surface area contributed by atoms with Crippen molar-refractivity contribution >= 4 is 23.2 Å². The Kier molecular flexibility index (Phi) is 10.6. The van der Waals surface area contributed by atoms with Crippen LogP contribution in [0.25, 0.3) is 0 Å². The summed E-state index contributed by atoms with van der Waals surface area (Å²) >= 11 is 1.63. The normalized spacial score (nSPS) is 11.7. The summed E-state index contributed by atoms with van der Waals surface area (Å²) in [5.74, 6) is 1.01. The van der Waals surface area contributed by atoms with E-state index in [0.29, 0.717) is 37.4 Å². The second-order valence-corrected chi connectivity index (χ2v) is 10.3. The van der Waals surface area contributed by atoms with Crippen LogP contribution in [-0.2, 0) is 22.6 Å². The molecule has 0 bridgehead atoms. The molecular formula is C30H38N2O4S. The standard InChI is InChI=1S/C30H38N2O4S/c1-6-26(24-11-8-7-9-12-24)30(34)32(22(2)3)21-29(33)31(20-25-13-10-18-37-25)17-16-23-14-15-27(35-4)28(19-23)36-5/h7-15,18-19,22,26H,6,16-17,20-21H2,1-5H3. The lowest BCUT2D eigenvalue weighted by Gasteiger charge is -2.32. The first kappa shape index (κ1) is 28.3. The first-order valence-electron chi connectivity index (χ1n) is 12.7. The van der Waals surface area contributed by atoms with Crippen molar-refractivity contribution in [1.82, 2.24) is 9.80 Å². The van der Waals surface area contributed by atoms with Gasteiger partial charge in [-0.2, -0.15) is 0 Å². The largest absolute Gasteiger partial charge is 0.493 e. The molecule has 0 N–H and O–H groups in total. The molecule has 0 aliphatic rings. The van der Waals surface area contributed by atoms with Crippen LogP contribution in [0.2, 0.25) is 0 Å². The molecule has 3 aromatic rings. The molecular weight excluding hydrogens is 484 g/mol. The summed E-state index contributed by atoms with van der Waals surface area (Å²) < 4.78 is 10.8. The molecule has 2 amide bonds. The van der Waals surface area contributed by atoms with E-state index < -0.39 is 0 Å². The van der Waals surface area contributed by atoms with Crippen molar-refractivity contribution in [2.45, 2.75) is 52.1 Å². The summed E-state index contributed by atoms with van der Waals surface area (Å²) in [7, 11) is 3.23. The predicted molar refractivity (Wildman–Crippen MR) is 149 cm³/mol. The molecule has 0 saturated carbocycles. The lowest BCUT2D eigenvalue weighted by molar-refractivity contribution is -0.143. The molecule has 0 fully saturated rings. The van der Waals surface area contributed by atoms with Crippen molar-refractivity contribution in [3.63, 3.8) is 0 Å². The number of carbonyl (C=O) groups is 2. The molecule has 1 atom stereocenters. The Morgan fingerprint density at radius 2 is 1.68 bits per heavy atom. The number of benzene rings is 2. The SMILES string of the molecule is CCC(C(=O)N(CC(=O)N(CCc1ccc(OC)c(OC)c1)Cc1cccs1)C(C)C)c1ccccc1. The van der Waals surface area contributed by atoms with Gasteiger partial charge >= 0.3 is 0 Å². The van der Waals surface area contributed by atoms with E-state index in [0.717, 1.165) is 16.0 Å². The number of nitrogens with zero attached hydrogens (tertiary/aromatic N) is 2. The van der Waals surface area contributed by atoms with E-state index in [-0.39, 0.29) is 30.3 Å². The molecule has 37 heavy (non-hydrogen) atoms.